The Labute approximate surface area is 121 Å². The molecule has 0 bridgehead atoms. The first-order chi connectivity index (χ1) is 9.44. The summed E-state index contributed by atoms with van der Waals surface area (Å²) in [4.78, 5) is 2.31. The second-order valence-corrected chi connectivity index (χ2v) is 6.06. The van der Waals surface area contributed by atoms with Gasteiger partial charge in [-0.3, -0.25) is 4.90 Å². The van der Waals surface area contributed by atoms with Gasteiger partial charge in [-0.25, -0.2) is 0 Å². The van der Waals surface area contributed by atoms with Crippen LogP contribution in [-0.4, -0.2) is 37.2 Å². The molecule has 0 amide bonds. The molecule has 1 atom stereocenters. The summed E-state index contributed by atoms with van der Waals surface area (Å²) in [6.45, 7) is 8.72. The van der Waals surface area contributed by atoms with Crippen molar-refractivity contribution in [3.05, 3.63) is 23.8 Å². The van der Waals surface area contributed by atoms with Gasteiger partial charge in [-0.2, -0.15) is 0 Å². The lowest BCUT2D eigenvalue weighted by Gasteiger charge is -2.36. The second kappa shape index (κ2) is 6.02. The fraction of sp³-hybridized carbons (Fsp3) is 0.625. The molecule has 0 fully saturated rings. The first-order valence-electron chi connectivity index (χ1n) is 7.30. The summed E-state index contributed by atoms with van der Waals surface area (Å²) >= 11 is 0. The molecule has 1 aliphatic heterocycles. The Bertz CT molecular complexity index is 460. The third-order valence-electron chi connectivity index (χ3n) is 4.36. The van der Waals surface area contributed by atoms with Crippen molar-refractivity contribution < 1.29 is 9.47 Å². The van der Waals surface area contributed by atoms with Crippen LogP contribution in [0.2, 0.25) is 0 Å². The Morgan fingerprint density at radius 1 is 1.25 bits per heavy atom. The molecule has 1 unspecified atom stereocenters. The highest BCUT2D eigenvalue weighted by molar-refractivity contribution is 5.44. The molecular formula is C16H26N2O2. The molecule has 2 N–H and O–H groups in total. The van der Waals surface area contributed by atoms with Crippen LogP contribution >= 0.6 is 0 Å². The first kappa shape index (κ1) is 15.1. The Hall–Kier alpha value is -1.26. The highest BCUT2D eigenvalue weighted by atomic mass is 16.6. The number of likely N-dealkylation sites (N-methyl/N-ethyl adjacent to an activating group) is 1. The molecule has 0 radical (unpaired) electrons. The number of ether oxygens (including phenoxy) is 2. The van der Waals surface area contributed by atoms with Gasteiger partial charge >= 0.3 is 0 Å². The molecular weight excluding hydrogens is 252 g/mol. The van der Waals surface area contributed by atoms with Crippen LogP contribution in [0.3, 0.4) is 0 Å². The molecule has 0 aromatic heterocycles. The third kappa shape index (κ3) is 3.25. The van der Waals surface area contributed by atoms with Gasteiger partial charge in [0.05, 0.1) is 0 Å². The normalized spacial score (nSPS) is 16.3. The smallest absolute Gasteiger partial charge is 0.161 e. The molecule has 0 aliphatic carbocycles. The van der Waals surface area contributed by atoms with E-state index >= 15 is 0 Å². The predicted molar refractivity (Wildman–Crippen MR) is 81.4 cm³/mol. The van der Waals surface area contributed by atoms with E-state index in [4.69, 9.17) is 15.2 Å². The Morgan fingerprint density at radius 2 is 1.90 bits per heavy atom. The minimum atomic E-state index is -0.0262. The van der Waals surface area contributed by atoms with E-state index in [2.05, 4.69) is 32.7 Å². The maximum absolute atomic E-state index is 6.34. The fourth-order valence-electron chi connectivity index (χ4n) is 2.21. The molecule has 4 heteroatoms. The van der Waals surface area contributed by atoms with Crippen molar-refractivity contribution in [1.29, 1.82) is 0 Å². The van der Waals surface area contributed by atoms with Crippen LogP contribution in [0.1, 0.15) is 38.8 Å². The molecule has 0 saturated carbocycles. The highest BCUT2D eigenvalue weighted by Gasteiger charge is 2.23. The number of hydrogen-bond donors (Lipinski definition) is 1. The topological polar surface area (TPSA) is 47.7 Å². The molecule has 1 aliphatic rings. The SMILES string of the molecule is CCC(C)(C)N(C)CC(N)c1ccc2c(c1)OCCO2. The van der Waals surface area contributed by atoms with Gasteiger partial charge in [0.1, 0.15) is 13.2 Å². The van der Waals surface area contributed by atoms with Gasteiger partial charge in [0.15, 0.2) is 11.5 Å². The number of nitrogens with two attached hydrogens (primary N) is 1. The van der Waals surface area contributed by atoms with Gasteiger partial charge in [-0.05, 0) is 45.0 Å². The van der Waals surface area contributed by atoms with Crippen molar-refractivity contribution in [2.45, 2.75) is 38.8 Å². The average Bonchev–Trinajstić information content (AvgIpc) is 2.46. The second-order valence-electron chi connectivity index (χ2n) is 6.06. The summed E-state index contributed by atoms with van der Waals surface area (Å²) in [6.07, 6.45) is 1.09. The summed E-state index contributed by atoms with van der Waals surface area (Å²) < 4.78 is 11.1. The van der Waals surface area contributed by atoms with Gasteiger partial charge in [-0.15, -0.1) is 0 Å². The predicted octanol–water partition coefficient (Wildman–Crippen LogP) is 2.58. The lowest BCUT2D eigenvalue weighted by molar-refractivity contribution is 0.142. The minimum absolute atomic E-state index is 0.0262. The maximum atomic E-state index is 6.34. The Kier molecular flexibility index (Phi) is 4.55. The van der Waals surface area contributed by atoms with Gasteiger partial charge < -0.3 is 15.2 Å². The van der Waals surface area contributed by atoms with Crippen LogP contribution in [0.15, 0.2) is 18.2 Å². The largest absolute Gasteiger partial charge is 0.486 e. The van der Waals surface area contributed by atoms with Crippen LogP contribution < -0.4 is 15.2 Å². The van der Waals surface area contributed by atoms with Gasteiger partial charge in [0, 0.05) is 18.1 Å². The van der Waals surface area contributed by atoms with Crippen LogP contribution in [0.5, 0.6) is 11.5 Å². The van der Waals surface area contributed by atoms with E-state index in [-0.39, 0.29) is 11.6 Å². The first-order valence-corrected chi connectivity index (χ1v) is 7.30. The maximum Gasteiger partial charge on any atom is 0.161 e. The Balaban J connectivity index is 2.07. The summed E-state index contributed by atoms with van der Waals surface area (Å²) in [5, 5.41) is 0. The van der Waals surface area contributed by atoms with Crippen molar-refractivity contribution >= 4 is 0 Å². The lowest BCUT2D eigenvalue weighted by atomic mass is 9.98. The van der Waals surface area contributed by atoms with Gasteiger partial charge in [-0.1, -0.05) is 13.0 Å². The van der Waals surface area contributed by atoms with Crippen molar-refractivity contribution in [3.63, 3.8) is 0 Å². The van der Waals surface area contributed by atoms with E-state index in [1.165, 1.54) is 0 Å². The molecule has 1 aromatic carbocycles. The molecule has 20 heavy (non-hydrogen) atoms. The number of fused-ring (bicyclic) bond motifs is 1. The summed E-state index contributed by atoms with van der Waals surface area (Å²) in [5.74, 6) is 1.62. The van der Waals surface area contributed by atoms with Crippen molar-refractivity contribution in [2.24, 2.45) is 5.73 Å². The number of rotatable bonds is 5. The monoisotopic (exact) mass is 278 g/mol. The standard InChI is InChI=1S/C16H26N2O2/c1-5-16(2,3)18(4)11-13(17)12-6-7-14-15(10-12)20-9-8-19-14/h6-7,10,13H,5,8-9,11,17H2,1-4H3. The van der Waals surface area contributed by atoms with Gasteiger partial charge in [0.2, 0.25) is 0 Å². The van der Waals surface area contributed by atoms with Crippen molar-refractivity contribution in [1.82, 2.24) is 4.90 Å². The molecule has 0 spiro atoms. The molecule has 0 saturated heterocycles. The molecule has 1 heterocycles. The number of benzene rings is 1. The zero-order valence-electron chi connectivity index (χ0n) is 13.0. The number of hydrogen-bond acceptors (Lipinski definition) is 4. The highest BCUT2D eigenvalue weighted by Crippen LogP contribution is 2.32. The van der Waals surface area contributed by atoms with Crippen LogP contribution in [0, 0.1) is 0 Å². The van der Waals surface area contributed by atoms with Crippen LogP contribution in [0.4, 0.5) is 0 Å². The molecule has 1 aromatic rings. The van der Waals surface area contributed by atoms with Crippen LogP contribution in [0.25, 0.3) is 0 Å². The van der Waals surface area contributed by atoms with E-state index in [0.29, 0.717) is 13.2 Å². The van der Waals surface area contributed by atoms with Crippen molar-refractivity contribution in [3.8, 4) is 11.5 Å². The fourth-order valence-corrected chi connectivity index (χ4v) is 2.21. The molecule has 4 nitrogen and oxygen atoms in total. The van der Waals surface area contributed by atoms with E-state index < -0.39 is 0 Å². The zero-order valence-corrected chi connectivity index (χ0v) is 13.0. The van der Waals surface area contributed by atoms with Gasteiger partial charge in [0.25, 0.3) is 0 Å². The Morgan fingerprint density at radius 3 is 2.55 bits per heavy atom. The van der Waals surface area contributed by atoms with Crippen LogP contribution in [-0.2, 0) is 0 Å². The average molecular weight is 278 g/mol. The summed E-state index contributed by atoms with van der Waals surface area (Å²) in [6, 6.07) is 5.97. The molecule has 2 rings (SSSR count). The minimum Gasteiger partial charge on any atom is -0.486 e. The van der Waals surface area contributed by atoms with Crippen molar-refractivity contribution in [2.75, 3.05) is 26.8 Å². The summed E-state index contributed by atoms with van der Waals surface area (Å²) in [7, 11) is 2.13. The third-order valence-corrected chi connectivity index (χ3v) is 4.36. The van der Waals surface area contributed by atoms with E-state index in [9.17, 15) is 0 Å². The number of nitrogens with zero attached hydrogens (tertiary/aromatic N) is 1. The van der Waals surface area contributed by atoms with E-state index in [1.54, 1.807) is 0 Å². The lowest BCUT2D eigenvalue weighted by Crippen LogP contribution is -2.44. The zero-order chi connectivity index (χ0) is 14.8. The quantitative estimate of drug-likeness (QED) is 0.899. The molecule has 112 valence electrons. The summed E-state index contributed by atoms with van der Waals surface area (Å²) in [5.41, 5.74) is 7.59. The van der Waals surface area contributed by atoms with E-state index in [0.717, 1.165) is 30.0 Å². The van der Waals surface area contributed by atoms with E-state index in [1.807, 2.05) is 18.2 Å².